The predicted octanol–water partition coefficient (Wildman–Crippen LogP) is 7.41. The van der Waals surface area contributed by atoms with Crippen molar-refractivity contribution in [3.63, 3.8) is 0 Å². The van der Waals surface area contributed by atoms with Crippen LogP contribution in [0.4, 0.5) is 28.9 Å². The van der Waals surface area contributed by atoms with Crippen molar-refractivity contribution < 1.29 is 32.0 Å². The van der Waals surface area contributed by atoms with E-state index in [1.54, 1.807) is 12.1 Å². The number of hydrogen-bond acceptors (Lipinski definition) is 4. The van der Waals surface area contributed by atoms with Gasteiger partial charge in [0.05, 0.1) is 11.0 Å². The number of benzene rings is 3. The lowest BCUT2D eigenvalue weighted by atomic mass is 9.68. The van der Waals surface area contributed by atoms with E-state index >= 15 is 0 Å². The summed E-state index contributed by atoms with van der Waals surface area (Å²) in [4.78, 5) is 21.4. The Balaban J connectivity index is 1.59. The number of anilines is 1. The van der Waals surface area contributed by atoms with Crippen LogP contribution in [0.1, 0.15) is 37.5 Å². The van der Waals surface area contributed by atoms with Crippen molar-refractivity contribution in [2.45, 2.75) is 39.8 Å². The number of carbonyl (C=O) groups is 1. The fourth-order valence-electron chi connectivity index (χ4n) is 4.94. The monoisotopic (exact) mass is 529 g/mol. The van der Waals surface area contributed by atoms with E-state index < -0.39 is 39.9 Å². The molecule has 0 heterocycles. The Morgan fingerprint density at radius 1 is 1.00 bits per heavy atom. The molecule has 0 unspecified atom stereocenters. The maximum Gasteiger partial charge on any atom is 0.471 e. The van der Waals surface area contributed by atoms with E-state index in [1.807, 2.05) is 24.3 Å². The highest BCUT2D eigenvalue weighted by atomic mass is 19.4. The summed E-state index contributed by atoms with van der Waals surface area (Å²) in [6, 6.07) is 16.2. The average Bonchev–Trinajstić information content (AvgIpc) is 3.23. The third-order valence-corrected chi connectivity index (χ3v) is 6.41. The largest absolute Gasteiger partial charge is 0.471 e. The topological polar surface area (TPSA) is 81.5 Å². The molecule has 6 nitrogen and oxygen atoms in total. The van der Waals surface area contributed by atoms with E-state index in [0.717, 1.165) is 18.4 Å². The molecule has 3 aromatic carbocycles. The minimum absolute atomic E-state index is 0.148. The van der Waals surface area contributed by atoms with Gasteiger partial charge >= 0.3 is 12.1 Å². The number of carbonyl (C=O) groups excluding carboxylic acids is 1. The van der Waals surface area contributed by atoms with Crippen LogP contribution in [0.3, 0.4) is 0 Å². The van der Waals surface area contributed by atoms with Crippen molar-refractivity contribution in [1.82, 2.24) is 0 Å². The summed E-state index contributed by atoms with van der Waals surface area (Å²) in [5, 5.41) is 12.6. The van der Waals surface area contributed by atoms with Crippen LogP contribution in [-0.4, -0.2) is 17.0 Å². The molecule has 199 valence electrons. The second-order valence-corrected chi connectivity index (χ2v) is 10.2. The van der Waals surface area contributed by atoms with Crippen LogP contribution in [-0.2, 0) is 17.6 Å². The first kappa shape index (κ1) is 27.1. The van der Waals surface area contributed by atoms with Crippen molar-refractivity contribution in [1.29, 1.82) is 0 Å². The van der Waals surface area contributed by atoms with Crippen molar-refractivity contribution in [2.75, 3.05) is 5.32 Å². The molecule has 0 aliphatic heterocycles. The smallest absolute Gasteiger partial charge is 0.454 e. The number of nitro benzene ring substituents is 1. The van der Waals surface area contributed by atoms with Crippen LogP contribution in [0.25, 0.3) is 0 Å². The molecule has 38 heavy (non-hydrogen) atoms. The summed E-state index contributed by atoms with van der Waals surface area (Å²) in [6.07, 6.45) is -3.45. The van der Waals surface area contributed by atoms with Gasteiger partial charge in [0.2, 0.25) is 0 Å². The molecule has 1 aliphatic rings. The molecule has 1 radical (unpaired) electrons. The summed E-state index contributed by atoms with van der Waals surface area (Å²) >= 11 is 0. The second kappa shape index (κ2) is 10.1. The van der Waals surface area contributed by atoms with Gasteiger partial charge in [-0.05, 0) is 53.0 Å². The molecule has 0 bridgehead atoms. The van der Waals surface area contributed by atoms with Crippen LogP contribution in [0.5, 0.6) is 11.5 Å². The minimum Gasteiger partial charge on any atom is -0.454 e. The van der Waals surface area contributed by atoms with Gasteiger partial charge < -0.3 is 10.1 Å². The normalized spacial score (nSPS) is 13.9. The number of rotatable bonds is 6. The molecule has 1 amide bonds. The molecular weight excluding hydrogens is 504 g/mol. The number of nitrogens with one attached hydrogen (secondary N) is 1. The van der Waals surface area contributed by atoms with Gasteiger partial charge in [-0.2, -0.15) is 13.2 Å². The summed E-state index contributed by atoms with van der Waals surface area (Å²) in [5.41, 5.74) is 1.59. The van der Waals surface area contributed by atoms with E-state index in [4.69, 9.17) is 4.74 Å². The van der Waals surface area contributed by atoms with Gasteiger partial charge in [0.25, 0.3) is 5.69 Å². The standard InChI is InChI=1S/C28H25F4N2O4/c1-27(2,3)25(19-12-17-6-4-5-7-18(17)13-19)16-8-10-20(11-9-16)38-24-15-22(33-26(35)28(30,31)32)23(34(36)37)14-21(24)29/h4-11,14-15,19H,12-13H2,1-3H3,(H,33,35). The van der Waals surface area contributed by atoms with Crippen LogP contribution in [0.15, 0.2) is 60.7 Å². The Kier molecular flexibility index (Phi) is 7.18. The fourth-order valence-corrected chi connectivity index (χ4v) is 4.94. The molecule has 0 saturated carbocycles. The van der Waals surface area contributed by atoms with Gasteiger partial charge in [-0.25, -0.2) is 4.39 Å². The predicted molar refractivity (Wildman–Crippen MR) is 133 cm³/mol. The summed E-state index contributed by atoms with van der Waals surface area (Å²) in [6.45, 7) is 6.41. The molecule has 0 aromatic heterocycles. The van der Waals surface area contributed by atoms with Crippen molar-refractivity contribution in [2.24, 2.45) is 11.3 Å². The van der Waals surface area contributed by atoms with E-state index in [0.29, 0.717) is 18.1 Å². The highest BCUT2D eigenvalue weighted by Crippen LogP contribution is 2.46. The summed E-state index contributed by atoms with van der Waals surface area (Å²) in [5.74, 6) is -2.46. The highest BCUT2D eigenvalue weighted by Gasteiger charge is 2.40. The van der Waals surface area contributed by atoms with Crippen molar-refractivity contribution in [3.05, 3.63) is 99.2 Å². The lowest BCUT2D eigenvalue weighted by Crippen LogP contribution is -2.30. The van der Waals surface area contributed by atoms with E-state index in [9.17, 15) is 32.5 Å². The quantitative estimate of drug-likeness (QED) is 0.205. The maximum absolute atomic E-state index is 14.6. The number of nitrogens with zero attached hydrogens (tertiary/aromatic N) is 1. The van der Waals surface area contributed by atoms with Crippen LogP contribution in [0.2, 0.25) is 0 Å². The zero-order valence-corrected chi connectivity index (χ0v) is 20.9. The Labute approximate surface area is 216 Å². The summed E-state index contributed by atoms with van der Waals surface area (Å²) < 4.78 is 58.1. The van der Waals surface area contributed by atoms with Gasteiger partial charge in [0.15, 0.2) is 11.6 Å². The minimum atomic E-state index is -5.29. The highest BCUT2D eigenvalue weighted by molar-refractivity contribution is 5.97. The van der Waals surface area contributed by atoms with Crippen LogP contribution >= 0.6 is 0 Å². The Morgan fingerprint density at radius 3 is 2.08 bits per heavy atom. The Morgan fingerprint density at radius 2 is 1.58 bits per heavy atom. The van der Waals surface area contributed by atoms with E-state index in [-0.39, 0.29) is 11.2 Å². The number of nitro groups is 1. The summed E-state index contributed by atoms with van der Waals surface area (Å²) in [7, 11) is 0. The van der Waals surface area contributed by atoms with Crippen LogP contribution < -0.4 is 10.1 Å². The third kappa shape index (κ3) is 5.79. The van der Waals surface area contributed by atoms with Gasteiger partial charge in [0, 0.05) is 12.0 Å². The number of fused-ring (bicyclic) bond motifs is 1. The van der Waals surface area contributed by atoms with E-state index in [2.05, 4.69) is 32.9 Å². The van der Waals surface area contributed by atoms with Gasteiger partial charge in [-0.3, -0.25) is 14.9 Å². The SMILES string of the molecule is CC(C)(C)[C](c1ccc(Oc2cc(NC(=O)C(F)(F)F)c([N+](=O)[O-])cc2F)cc1)C1Cc2ccccc2C1. The zero-order valence-electron chi connectivity index (χ0n) is 20.9. The number of ether oxygens (including phenoxy) is 1. The number of alkyl halides is 3. The van der Waals surface area contributed by atoms with Gasteiger partial charge in [0.1, 0.15) is 11.4 Å². The fraction of sp³-hybridized carbons (Fsp3) is 0.286. The number of amides is 1. The van der Waals surface area contributed by atoms with Crippen molar-refractivity contribution >= 4 is 17.3 Å². The molecule has 10 heteroatoms. The molecule has 1 aliphatic carbocycles. The van der Waals surface area contributed by atoms with E-state index in [1.165, 1.54) is 22.4 Å². The van der Waals surface area contributed by atoms with Gasteiger partial charge in [-0.15, -0.1) is 0 Å². The number of hydrogen-bond donors (Lipinski definition) is 1. The lowest BCUT2D eigenvalue weighted by molar-refractivity contribution is -0.384. The first-order valence-electron chi connectivity index (χ1n) is 11.8. The number of halogens is 4. The molecule has 0 saturated heterocycles. The van der Waals surface area contributed by atoms with Gasteiger partial charge in [-0.1, -0.05) is 57.2 Å². The molecular formula is C28H25F4N2O4. The molecule has 0 spiro atoms. The van der Waals surface area contributed by atoms with Crippen LogP contribution in [0, 0.1) is 33.2 Å². The van der Waals surface area contributed by atoms with Crippen molar-refractivity contribution in [3.8, 4) is 11.5 Å². The molecule has 1 N–H and O–H groups in total. The molecule has 0 fully saturated rings. The second-order valence-electron chi connectivity index (χ2n) is 10.2. The lowest BCUT2D eigenvalue weighted by Gasteiger charge is -2.35. The zero-order chi connectivity index (χ0) is 27.8. The molecule has 4 rings (SSSR count). The molecule has 3 aromatic rings. The first-order valence-corrected chi connectivity index (χ1v) is 11.8. The Bertz CT molecular complexity index is 1340. The third-order valence-electron chi connectivity index (χ3n) is 6.41. The molecule has 0 atom stereocenters. The Hall–Kier alpha value is -3.95. The first-order chi connectivity index (χ1) is 17.7. The maximum atomic E-state index is 14.6. The average molecular weight is 530 g/mol.